The van der Waals surface area contributed by atoms with E-state index in [0.717, 1.165) is 49.4 Å². The van der Waals surface area contributed by atoms with Crippen LogP contribution in [-0.2, 0) is 11.2 Å². The number of carbonyl (C=O) groups excluding carboxylic acids is 2. The van der Waals surface area contributed by atoms with Crippen molar-refractivity contribution in [3.8, 4) is 5.75 Å². The second-order valence-corrected chi connectivity index (χ2v) is 9.76. The first-order valence-corrected chi connectivity index (χ1v) is 12.8. The van der Waals surface area contributed by atoms with E-state index in [1.807, 2.05) is 25.1 Å². The minimum absolute atomic E-state index is 0.112. The molecule has 5 rings (SSSR count). The number of primary amides is 1. The summed E-state index contributed by atoms with van der Waals surface area (Å²) in [5.41, 5.74) is 9.82. The quantitative estimate of drug-likeness (QED) is 0.359. The van der Waals surface area contributed by atoms with Gasteiger partial charge in [0, 0.05) is 35.3 Å². The van der Waals surface area contributed by atoms with Crippen LogP contribution in [0.3, 0.4) is 0 Å². The number of nitrogens with two attached hydrogens (primary N) is 1. The number of piperidine rings is 1. The Morgan fingerprint density at radius 3 is 2.51 bits per heavy atom. The Morgan fingerprint density at radius 2 is 1.88 bits per heavy atom. The van der Waals surface area contributed by atoms with Crippen molar-refractivity contribution in [2.75, 3.05) is 32.1 Å². The second kappa shape index (κ2) is 12.0. The number of carbonyl (C=O) groups is 3. The smallest absolute Gasteiger partial charge is 0.490 e. The number of aryl methyl sites for hydroxylation is 1. The number of nitrogens with one attached hydrogen (secondary N) is 2. The van der Waals surface area contributed by atoms with Crippen LogP contribution in [0.1, 0.15) is 44.9 Å². The van der Waals surface area contributed by atoms with Crippen molar-refractivity contribution in [2.45, 2.75) is 38.4 Å². The number of amides is 2. The van der Waals surface area contributed by atoms with Crippen LogP contribution in [0.5, 0.6) is 5.75 Å². The molecule has 1 fully saturated rings. The Bertz CT molecular complexity index is 1490. The summed E-state index contributed by atoms with van der Waals surface area (Å²) in [6.07, 6.45) is -1.07. The molecule has 1 saturated heterocycles. The summed E-state index contributed by atoms with van der Waals surface area (Å²) in [5.74, 6) is -2.77. The molecule has 5 N–H and O–H groups in total. The van der Waals surface area contributed by atoms with Gasteiger partial charge < -0.3 is 31.1 Å². The Balaban J connectivity index is 0.000000493. The number of rotatable bonds is 5. The van der Waals surface area contributed by atoms with E-state index in [4.69, 9.17) is 20.4 Å². The number of nitrogens with zero attached hydrogens (tertiary/aromatic N) is 3. The highest BCUT2D eigenvalue weighted by atomic mass is 19.4. The van der Waals surface area contributed by atoms with Gasteiger partial charge in [0.05, 0.1) is 29.1 Å². The number of carboxylic acid groups (broad SMARTS) is 1. The minimum atomic E-state index is -5.08. The molecule has 14 heteroatoms. The molecule has 1 aromatic carbocycles. The molecule has 218 valence electrons. The maximum absolute atomic E-state index is 13.1. The number of pyridine rings is 2. The lowest BCUT2D eigenvalue weighted by Crippen LogP contribution is -2.43. The van der Waals surface area contributed by atoms with Crippen molar-refractivity contribution in [1.82, 2.24) is 20.2 Å². The van der Waals surface area contributed by atoms with Crippen molar-refractivity contribution >= 4 is 40.1 Å². The first-order valence-electron chi connectivity index (χ1n) is 12.8. The van der Waals surface area contributed by atoms with E-state index in [1.165, 1.54) is 6.20 Å². The molecular formula is C27H29F3N6O5. The Morgan fingerprint density at radius 1 is 1.20 bits per heavy atom. The highest BCUT2D eigenvalue weighted by Gasteiger charge is 2.38. The van der Waals surface area contributed by atoms with Gasteiger partial charge in [0.1, 0.15) is 11.4 Å². The third-order valence-corrected chi connectivity index (χ3v) is 6.83. The van der Waals surface area contributed by atoms with E-state index >= 15 is 0 Å². The Labute approximate surface area is 232 Å². The van der Waals surface area contributed by atoms with Crippen LogP contribution >= 0.6 is 0 Å². The first-order chi connectivity index (χ1) is 19.3. The van der Waals surface area contributed by atoms with Gasteiger partial charge in [-0.3, -0.25) is 14.6 Å². The van der Waals surface area contributed by atoms with Crippen molar-refractivity contribution in [3.05, 3.63) is 53.0 Å². The van der Waals surface area contributed by atoms with Crippen LogP contribution < -0.4 is 21.1 Å². The number of fused-ring (bicyclic) bond motifs is 2. The lowest BCUT2D eigenvalue weighted by atomic mass is 10.0. The number of benzene rings is 1. The number of ether oxygens (including phenoxy) is 1. The van der Waals surface area contributed by atoms with Gasteiger partial charge in [0.2, 0.25) is 0 Å². The topological polar surface area (TPSA) is 160 Å². The maximum Gasteiger partial charge on any atom is 0.490 e. The molecular weight excluding hydrogens is 545 g/mol. The number of likely N-dealkylation sites (tertiary alicyclic amines) is 1. The molecule has 0 radical (unpaired) electrons. The predicted octanol–water partition coefficient (Wildman–Crippen LogP) is 3.17. The highest BCUT2D eigenvalue weighted by molar-refractivity contribution is 6.09. The third kappa shape index (κ3) is 6.82. The molecule has 0 spiro atoms. The van der Waals surface area contributed by atoms with Gasteiger partial charge in [-0.2, -0.15) is 13.2 Å². The molecule has 0 saturated carbocycles. The van der Waals surface area contributed by atoms with E-state index in [-0.39, 0.29) is 23.2 Å². The zero-order valence-electron chi connectivity index (χ0n) is 22.3. The number of hydrogen-bond donors (Lipinski definition) is 4. The summed E-state index contributed by atoms with van der Waals surface area (Å²) in [5, 5.41) is 14.2. The fourth-order valence-corrected chi connectivity index (χ4v) is 4.68. The summed E-state index contributed by atoms with van der Waals surface area (Å²) in [4.78, 5) is 45.5. The van der Waals surface area contributed by atoms with Crippen molar-refractivity contribution in [3.63, 3.8) is 0 Å². The minimum Gasteiger partial charge on any atom is -0.493 e. The number of anilines is 2. The third-order valence-electron chi connectivity index (χ3n) is 6.83. The molecule has 2 aromatic heterocycles. The lowest BCUT2D eigenvalue weighted by molar-refractivity contribution is -0.192. The van der Waals surface area contributed by atoms with Gasteiger partial charge in [0.15, 0.2) is 0 Å². The molecule has 41 heavy (non-hydrogen) atoms. The maximum atomic E-state index is 13.1. The summed E-state index contributed by atoms with van der Waals surface area (Å²) in [6, 6.07) is 7.56. The second-order valence-electron chi connectivity index (χ2n) is 9.76. The summed E-state index contributed by atoms with van der Waals surface area (Å²) in [7, 11) is 2.08. The van der Waals surface area contributed by atoms with Crippen LogP contribution in [0.2, 0.25) is 0 Å². The van der Waals surface area contributed by atoms with Crippen LogP contribution in [-0.4, -0.2) is 76.7 Å². The van der Waals surface area contributed by atoms with E-state index in [0.29, 0.717) is 28.9 Å². The number of halogens is 3. The van der Waals surface area contributed by atoms with Gasteiger partial charge in [0.25, 0.3) is 11.8 Å². The van der Waals surface area contributed by atoms with Gasteiger partial charge >= 0.3 is 12.1 Å². The molecule has 0 unspecified atom stereocenters. The van der Waals surface area contributed by atoms with Crippen molar-refractivity contribution < 1.29 is 37.4 Å². The summed E-state index contributed by atoms with van der Waals surface area (Å²) < 4.78 is 37.4. The molecule has 2 aliphatic rings. The Kier molecular flexibility index (Phi) is 8.61. The standard InChI is InChI=1S/C25H28N6O3.C2HF3O2/c1-14-22-17(12-20(28-14)25(33)29-15-6-9-31(2)10-7-15)23(18(13-27-22)24(26)32)30-19-4-3-5-21-16(19)8-11-34-21;3-2(4,5)1(6)7/h3-5,12-13,15H,6-11H2,1-2H3,(H2,26,32)(H,27,30)(H,29,33);(H,6,7). The fraction of sp³-hybridized carbons (Fsp3) is 0.370. The fourth-order valence-electron chi connectivity index (χ4n) is 4.68. The summed E-state index contributed by atoms with van der Waals surface area (Å²) in [6.45, 7) is 4.31. The normalized spacial score (nSPS) is 15.3. The van der Waals surface area contributed by atoms with Gasteiger partial charge in [-0.05, 0) is 58.1 Å². The van der Waals surface area contributed by atoms with Crippen molar-refractivity contribution in [2.24, 2.45) is 5.73 Å². The average Bonchev–Trinajstić information content (AvgIpc) is 3.40. The molecule has 2 aliphatic heterocycles. The van der Waals surface area contributed by atoms with Gasteiger partial charge in [-0.15, -0.1) is 0 Å². The zero-order chi connectivity index (χ0) is 29.9. The molecule has 0 bridgehead atoms. The van der Waals surface area contributed by atoms with Crippen LogP contribution in [0.15, 0.2) is 30.5 Å². The van der Waals surface area contributed by atoms with E-state index in [9.17, 15) is 22.8 Å². The number of aromatic nitrogens is 2. The molecule has 4 heterocycles. The van der Waals surface area contributed by atoms with E-state index in [1.54, 1.807) is 6.07 Å². The van der Waals surface area contributed by atoms with Gasteiger partial charge in [-0.25, -0.2) is 9.78 Å². The largest absolute Gasteiger partial charge is 0.493 e. The molecule has 3 aromatic rings. The van der Waals surface area contributed by atoms with Gasteiger partial charge in [-0.1, -0.05) is 6.07 Å². The van der Waals surface area contributed by atoms with Crippen LogP contribution in [0.25, 0.3) is 10.9 Å². The number of hydrogen-bond acceptors (Lipinski definition) is 8. The molecule has 0 atom stereocenters. The number of alkyl halides is 3. The van der Waals surface area contributed by atoms with Crippen LogP contribution in [0.4, 0.5) is 24.5 Å². The predicted molar refractivity (Wildman–Crippen MR) is 143 cm³/mol. The highest BCUT2D eigenvalue weighted by Crippen LogP contribution is 2.36. The van der Waals surface area contributed by atoms with Crippen LogP contribution in [0, 0.1) is 6.92 Å². The molecule has 2 amide bonds. The molecule has 11 nitrogen and oxygen atoms in total. The first kappa shape index (κ1) is 29.5. The van der Waals surface area contributed by atoms with E-state index in [2.05, 4.69) is 32.5 Å². The van der Waals surface area contributed by atoms with E-state index < -0.39 is 18.1 Å². The number of carboxylic acids is 1. The summed E-state index contributed by atoms with van der Waals surface area (Å²) >= 11 is 0. The van der Waals surface area contributed by atoms with Crippen molar-refractivity contribution in [1.29, 1.82) is 0 Å². The zero-order valence-corrected chi connectivity index (χ0v) is 22.3. The number of aliphatic carboxylic acids is 1. The molecule has 0 aliphatic carbocycles. The average molecular weight is 575 g/mol. The monoisotopic (exact) mass is 574 g/mol. The SMILES string of the molecule is Cc1nc(C(=O)NC2CCN(C)CC2)cc2c(Nc3cccc4c3CCO4)c(C(N)=O)cnc12.O=C(O)C(F)(F)F. The Hall–Kier alpha value is -4.46. The lowest BCUT2D eigenvalue weighted by Gasteiger charge is -2.29.